The minimum atomic E-state index is 0.0874. The zero-order valence-electron chi connectivity index (χ0n) is 10.4. The highest BCUT2D eigenvalue weighted by Gasteiger charge is 2.01. The second kappa shape index (κ2) is 7.85. The minimum absolute atomic E-state index is 0.0874. The van der Waals surface area contributed by atoms with E-state index in [4.69, 9.17) is 5.11 Å². The Morgan fingerprint density at radius 2 is 2.18 bits per heavy atom. The summed E-state index contributed by atoms with van der Waals surface area (Å²) < 4.78 is 0. The monoisotopic (exact) mass is 235 g/mol. The quantitative estimate of drug-likeness (QED) is 0.708. The molecule has 0 saturated carbocycles. The van der Waals surface area contributed by atoms with Crippen molar-refractivity contribution < 1.29 is 9.90 Å². The highest BCUT2D eigenvalue weighted by Crippen LogP contribution is 2.06. The Bertz CT molecular complexity index is 350. The van der Waals surface area contributed by atoms with E-state index in [0.29, 0.717) is 13.0 Å². The molecule has 0 atom stereocenters. The molecule has 1 aromatic rings. The summed E-state index contributed by atoms with van der Waals surface area (Å²) in [5, 5.41) is 11.4. The number of carbonyl (C=O) groups excluding carboxylic acids is 1. The van der Waals surface area contributed by atoms with Gasteiger partial charge in [-0.1, -0.05) is 29.8 Å². The first-order chi connectivity index (χ1) is 8.22. The lowest BCUT2D eigenvalue weighted by Crippen LogP contribution is -2.24. The number of rotatable bonds is 7. The Balaban J connectivity index is 2.19. The number of unbranched alkanes of at least 4 members (excludes halogenated alkanes) is 1. The summed E-state index contributed by atoms with van der Waals surface area (Å²) in [4.78, 5) is 11.5. The van der Waals surface area contributed by atoms with E-state index in [1.807, 2.05) is 12.1 Å². The van der Waals surface area contributed by atoms with Crippen molar-refractivity contribution in [2.75, 3.05) is 13.2 Å². The maximum absolute atomic E-state index is 11.5. The summed E-state index contributed by atoms with van der Waals surface area (Å²) in [5.41, 5.74) is 2.43. The van der Waals surface area contributed by atoms with Gasteiger partial charge in [0, 0.05) is 19.6 Å². The van der Waals surface area contributed by atoms with E-state index in [1.54, 1.807) is 0 Å². The lowest BCUT2D eigenvalue weighted by molar-refractivity contribution is -0.121. The minimum Gasteiger partial charge on any atom is -0.396 e. The Morgan fingerprint density at radius 3 is 2.88 bits per heavy atom. The summed E-state index contributed by atoms with van der Waals surface area (Å²) >= 11 is 0. The van der Waals surface area contributed by atoms with Crippen LogP contribution in [0.5, 0.6) is 0 Å². The topological polar surface area (TPSA) is 49.3 Å². The Labute approximate surface area is 103 Å². The molecular formula is C14H21NO2. The number of aryl methyl sites for hydroxylation is 2. The van der Waals surface area contributed by atoms with Gasteiger partial charge >= 0.3 is 0 Å². The van der Waals surface area contributed by atoms with Gasteiger partial charge in [-0.25, -0.2) is 0 Å². The molecule has 0 heterocycles. The lowest BCUT2D eigenvalue weighted by Gasteiger charge is -2.05. The summed E-state index contributed by atoms with van der Waals surface area (Å²) in [7, 11) is 0. The number of hydrogen-bond donors (Lipinski definition) is 2. The molecule has 0 aromatic heterocycles. The molecule has 0 aliphatic heterocycles. The van der Waals surface area contributed by atoms with Crippen molar-refractivity contribution >= 4 is 5.91 Å². The van der Waals surface area contributed by atoms with Crippen LogP contribution in [0.15, 0.2) is 24.3 Å². The maximum Gasteiger partial charge on any atom is 0.220 e. The lowest BCUT2D eigenvalue weighted by atomic mass is 10.1. The van der Waals surface area contributed by atoms with E-state index in [1.165, 1.54) is 11.1 Å². The fraction of sp³-hybridized carbons (Fsp3) is 0.500. The average Bonchev–Trinajstić information content (AvgIpc) is 2.32. The molecule has 3 nitrogen and oxygen atoms in total. The molecule has 0 spiro atoms. The van der Waals surface area contributed by atoms with Crippen molar-refractivity contribution in [1.29, 1.82) is 0 Å². The van der Waals surface area contributed by atoms with E-state index in [-0.39, 0.29) is 12.5 Å². The van der Waals surface area contributed by atoms with Gasteiger partial charge in [0.25, 0.3) is 0 Å². The third-order valence-electron chi connectivity index (χ3n) is 2.63. The zero-order chi connectivity index (χ0) is 12.5. The van der Waals surface area contributed by atoms with Crippen molar-refractivity contribution in [2.45, 2.75) is 32.6 Å². The fourth-order valence-corrected chi connectivity index (χ4v) is 1.68. The predicted molar refractivity (Wildman–Crippen MR) is 68.8 cm³/mol. The van der Waals surface area contributed by atoms with Gasteiger partial charge in [-0.05, 0) is 31.7 Å². The second-order valence-corrected chi connectivity index (χ2v) is 4.27. The third-order valence-corrected chi connectivity index (χ3v) is 2.63. The number of benzene rings is 1. The molecule has 0 aliphatic carbocycles. The van der Waals surface area contributed by atoms with Crippen LogP contribution in [0.3, 0.4) is 0 Å². The Kier molecular flexibility index (Phi) is 6.33. The van der Waals surface area contributed by atoms with Crippen LogP contribution in [-0.2, 0) is 11.2 Å². The highest BCUT2D eigenvalue weighted by atomic mass is 16.2. The van der Waals surface area contributed by atoms with E-state index < -0.39 is 0 Å². The highest BCUT2D eigenvalue weighted by molar-refractivity contribution is 5.76. The van der Waals surface area contributed by atoms with Crippen LogP contribution in [0.2, 0.25) is 0 Å². The molecule has 2 N–H and O–H groups in total. The van der Waals surface area contributed by atoms with Crippen LogP contribution in [0, 0.1) is 6.92 Å². The predicted octanol–water partition coefficient (Wildman–Crippen LogP) is 1.82. The number of nitrogens with one attached hydrogen (secondary N) is 1. The van der Waals surface area contributed by atoms with Crippen molar-refractivity contribution in [3.8, 4) is 0 Å². The van der Waals surface area contributed by atoms with Crippen molar-refractivity contribution in [2.24, 2.45) is 0 Å². The second-order valence-electron chi connectivity index (χ2n) is 4.27. The molecule has 1 amide bonds. The zero-order valence-corrected chi connectivity index (χ0v) is 10.4. The van der Waals surface area contributed by atoms with Crippen molar-refractivity contribution in [3.05, 3.63) is 35.4 Å². The molecule has 1 aromatic carbocycles. The average molecular weight is 235 g/mol. The Hall–Kier alpha value is -1.35. The summed E-state index contributed by atoms with van der Waals surface area (Å²) in [6, 6.07) is 8.23. The summed E-state index contributed by atoms with van der Waals surface area (Å²) in [6.45, 7) is 2.91. The van der Waals surface area contributed by atoms with Gasteiger partial charge in [0.05, 0.1) is 0 Å². The smallest absolute Gasteiger partial charge is 0.220 e. The maximum atomic E-state index is 11.5. The normalized spacial score (nSPS) is 10.2. The fourth-order valence-electron chi connectivity index (χ4n) is 1.68. The van der Waals surface area contributed by atoms with Gasteiger partial charge in [0.2, 0.25) is 5.91 Å². The number of amides is 1. The van der Waals surface area contributed by atoms with Gasteiger partial charge in [-0.2, -0.15) is 0 Å². The van der Waals surface area contributed by atoms with Crippen LogP contribution in [0.1, 0.15) is 30.4 Å². The van der Waals surface area contributed by atoms with Gasteiger partial charge in [-0.3, -0.25) is 4.79 Å². The molecule has 0 aliphatic rings. The SMILES string of the molecule is Cc1cccc(CCC(=O)NCCCCO)c1. The largest absolute Gasteiger partial charge is 0.396 e. The first-order valence-electron chi connectivity index (χ1n) is 6.15. The molecule has 1 rings (SSSR count). The standard InChI is InChI=1S/C14H21NO2/c1-12-5-4-6-13(11-12)7-8-14(17)15-9-2-3-10-16/h4-6,11,16H,2-3,7-10H2,1H3,(H,15,17). The molecule has 0 fully saturated rings. The summed E-state index contributed by atoms with van der Waals surface area (Å²) in [6.07, 6.45) is 2.90. The van der Waals surface area contributed by atoms with Gasteiger partial charge in [-0.15, -0.1) is 0 Å². The van der Waals surface area contributed by atoms with E-state index >= 15 is 0 Å². The van der Waals surface area contributed by atoms with E-state index in [0.717, 1.165) is 19.3 Å². The van der Waals surface area contributed by atoms with Gasteiger partial charge in [0.15, 0.2) is 0 Å². The van der Waals surface area contributed by atoms with Crippen molar-refractivity contribution in [3.63, 3.8) is 0 Å². The molecule has 0 saturated heterocycles. The molecular weight excluding hydrogens is 214 g/mol. The Morgan fingerprint density at radius 1 is 1.35 bits per heavy atom. The van der Waals surface area contributed by atoms with Gasteiger partial charge in [0.1, 0.15) is 0 Å². The number of carbonyl (C=O) groups is 1. The summed E-state index contributed by atoms with van der Waals surface area (Å²) in [5.74, 6) is 0.0874. The molecule has 0 bridgehead atoms. The number of aliphatic hydroxyl groups is 1. The first-order valence-corrected chi connectivity index (χ1v) is 6.15. The van der Waals surface area contributed by atoms with Crippen LogP contribution >= 0.6 is 0 Å². The first kappa shape index (κ1) is 13.7. The van der Waals surface area contributed by atoms with Crippen molar-refractivity contribution in [1.82, 2.24) is 5.32 Å². The molecule has 94 valence electrons. The van der Waals surface area contributed by atoms with E-state index in [9.17, 15) is 4.79 Å². The number of aliphatic hydroxyl groups excluding tert-OH is 1. The van der Waals surface area contributed by atoms with Crippen LogP contribution < -0.4 is 5.32 Å². The van der Waals surface area contributed by atoms with E-state index in [2.05, 4.69) is 24.4 Å². The molecule has 0 radical (unpaired) electrons. The van der Waals surface area contributed by atoms with Gasteiger partial charge < -0.3 is 10.4 Å². The van der Waals surface area contributed by atoms with Crippen LogP contribution in [0.25, 0.3) is 0 Å². The molecule has 17 heavy (non-hydrogen) atoms. The molecule has 3 heteroatoms. The van der Waals surface area contributed by atoms with Crippen LogP contribution in [0.4, 0.5) is 0 Å². The molecule has 0 unspecified atom stereocenters. The number of hydrogen-bond acceptors (Lipinski definition) is 2. The van der Waals surface area contributed by atoms with Crippen LogP contribution in [-0.4, -0.2) is 24.2 Å². The third kappa shape index (κ3) is 6.07.